The molecular formula is C25H32N4O2. The van der Waals surface area contributed by atoms with Gasteiger partial charge < -0.3 is 14.3 Å². The summed E-state index contributed by atoms with van der Waals surface area (Å²) in [6.07, 6.45) is 1.99. The van der Waals surface area contributed by atoms with Gasteiger partial charge in [-0.1, -0.05) is 48.8 Å². The summed E-state index contributed by atoms with van der Waals surface area (Å²) in [5, 5.41) is 4.84. The van der Waals surface area contributed by atoms with Crippen LogP contribution in [0.25, 0.3) is 22.4 Å². The minimum atomic E-state index is 0.0512. The first-order chi connectivity index (χ1) is 14.8. The molecule has 0 spiro atoms. The Balaban J connectivity index is 1.79. The predicted molar refractivity (Wildman–Crippen MR) is 123 cm³/mol. The Bertz CT molecular complexity index is 1060. The first-order valence-corrected chi connectivity index (χ1v) is 11.2. The summed E-state index contributed by atoms with van der Waals surface area (Å²) >= 11 is 0. The Kier molecular flexibility index (Phi) is 6.10. The zero-order chi connectivity index (χ0) is 22.1. The van der Waals surface area contributed by atoms with Crippen LogP contribution in [0.5, 0.6) is 0 Å². The smallest absolute Gasteiger partial charge is 0.259 e. The van der Waals surface area contributed by atoms with Crippen LogP contribution >= 0.6 is 0 Å². The average Bonchev–Trinajstić information content (AvgIpc) is 3.13. The monoisotopic (exact) mass is 420 g/mol. The Labute approximate surface area is 184 Å². The number of nitrogens with zero attached hydrogens (tertiary/aromatic N) is 4. The number of carbonyl (C=O) groups excluding carboxylic acids is 1. The maximum absolute atomic E-state index is 14.0. The van der Waals surface area contributed by atoms with E-state index in [0.717, 1.165) is 49.1 Å². The minimum Gasteiger partial charge on any atom is -0.335 e. The van der Waals surface area contributed by atoms with Crippen molar-refractivity contribution in [2.24, 2.45) is 5.92 Å². The number of amides is 1. The van der Waals surface area contributed by atoms with Crippen LogP contribution in [0.1, 0.15) is 48.3 Å². The van der Waals surface area contributed by atoms with Crippen LogP contribution in [-0.2, 0) is 0 Å². The Morgan fingerprint density at radius 2 is 1.87 bits per heavy atom. The molecule has 6 heteroatoms. The second kappa shape index (κ2) is 8.79. The van der Waals surface area contributed by atoms with E-state index in [1.165, 1.54) is 5.56 Å². The second-order valence-corrected chi connectivity index (χ2v) is 9.26. The molecule has 1 aromatic carbocycles. The maximum Gasteiger partial charge on any atom is 0.259 e. The number of pyridine rings is 1. The van der Waals surface area contributed by atoms with Gasteiger partial charge in [0.25, 0.3) is 11.6 Å². The highest BCUT2D eigenvalue weighted by Crippen LogP contribution is 2.30. The average molecular weight is 421 g/mol. The van der Waals surface area contributed by atoms with Crippen LogP contribution in [0.4, 0.5) is 0 Å². The van der Waals surface area contributed by atoms with Gasteiger partial charge in [-0.15, -0.1) is 0 Å². The SMILES string of the molecule is Cc1ccc(-c2cc(C(=O)N(CC(C)C)C3CCN(C)CC3)c3c(C)noc3n2)cc1. The van der Waals surface area contributed by atoms with Crippen molar-refractivity contribution < 1.29 is 9.32 Å². The van der Waals surface area contributed by atoms with Crippen molar-refractivity contribution in [2.45, 2.75) is 46.6 Å². The minimum absolute atomic E-state index is 0.0512. The summed E-state index contributed by atoms with van der Waals surface area (Å²) in [5.74, 6) is 0.441. The number of rotatable bonds is 5. The predicted octanol–water partition coefficient (Wildman–Crippen LogP) is 4.70. The van der Waals surface area contributed by atoms with Crippen LogP contribution in [0.3, 0.4) is 0 Å². The van der Waals surface area contributed by atoms with Crippen molar-refractivity contribution in [2.75, 3.05) is 26.7 Å². The van der Waals surface area contributed by atoms with E-state index in [2.05, 4.69) is 59.9 Å². The fraction of sp³-hybridized carbons (Fsp3) is 0.480. The second-order valence-electron chi connectivity index (χ2n) is 9.26. The van der Waals surface area contributed by atoms with Crippen molar-refractivity contribution in [1.82, 2.24) is 19.9 Å². The molecule has 0 aliphatic carbocycles. The normalized spacial score (nSPS) is 15.7. The largest absolute Gasteiger partial charge is 0.335 e. The molecule has 0 unspecified atom stereocenters. The van der Waals surface area contributed by atoms with Gasteiger partial charge in [0.1, 0.15) is 0 Å². The number of carbonyl (C=O) groups is 1. The highest BCUT2D eigenvalue weighted by molar-refractivity contribution is 6.07. The molecule has 164 valence electrons. The lowest BCUT2D eigenvalue weighted by Gasteiger charge is -2.38. The van der Waals surface area contributed by atoms with Crippen LogP contribution in [0.2, 0.25) is 0 Å². The molecule has 0 N–H and O–H groups in total. The fourth-order valence-electron chi connectivity index (χ4n) is 4.39. The third-order valence-electron chi connectivity index (χ3n) is 6.15. The van der Waals surface area contributed by atoms with E-state index in [4.69, 9.17) is 4.52 Å². The van der Waals surface area contributed by atoms with E-state index in [1.54, 1.807) is 0 Å². The number of likely N-dealkylation sites (tertiary alicyclic amines) is 1. The van der Waals surface area contributed by atoms with Gasteiger partial charge in [0.2, 0.25) is 0 Å². The lowest BCUT2D eigenvalue weighted by atomic mass is 9.99. The Hall–Kier alpha value is -2.73. The highest BCUT2D eigenvalue weighted by atomic mass is 16.5. The van der Waals surface area contributed by atoms with E-state index >= 15 is 0 Å². The number of aryl methyl sites for hydroxylation is 2. The summed E-state index contributed by atoms with van der Waals surface area (Å²) in [4.78, 5) is 23.1. The molecule has 1 aliphatic rings. The molecule has 1 fully saturated rings. The van der Waals surface area contributed by atoms with Gasteiger partial charge in [-0.2, -0.15) is 0 Å². The molecule has 1 saturated heterocycles. The summed E-state index contributed by atoms with van der Waals surface area (Å²) in [6.45, 7) is 11.0. The molecule has 2 aromatic heterocycles. The van der Waals surface area contributed by atoms with E-state index in [9.17, 15) is 4.79 Å². The molecule has 0 saturated carbocycles. The van der Waals surface area contributed by atoms with Crippen molar-refractivity contribution >= 4 is 17.0 Å². The standard InChI is InChI=1S/C25H32N4O2/c1-16(2)15-29(20-10-12-28(5)13-11-20)25(30)21-14-22(19-8-6-17(3)7-9-19)26-24-23(21)18(4)27-31-24/h6-9,14,16,20H,10-13,15H2,1-5H3. The molecule has 1 aliphatic heterocycles. The number of hydrogen-bond acceptors (Lipinski definition) is 5. The number of aromatic nitrogens is 2. The lowest BCUT2D eigenvalue weighted by molar-refractivity contribution is 0.0561. The van der Waals surface area contributed by atoms with E-state index in [-0.39, 0.29) is 11.9 Å². The molecule has 3 heterocycles. The molecule has 31 heavy (non-hydrogen) atoms. The van der Waals surface area contributed by atoms with Crippen LogP contribution in [0.15, 0.2) is 34.9 Å². The first kappa shape index (κ1) is 21.5. The van der Waals surface area contributed by atoms with Crippen molar-refractivity contribution in [3.8, 4) is 11.3 Å². The van der Waals surface area contributed by atoms with Gasteiger partial charge in [0.15, 0.2) is 0 Å². The Morgan fingerprint density at radius 1 is 1.19 bits per heavy atom. The third kappa shape index (κ3) is 4.49. The van der Waals surface area contributed by atoms with Crippen LogP contribution < -0.4 is 0 Å². The number of hydrogen-bond donors (Lipinski definition) is 0. The molecule has 0 radical (unpaired) electrons. The van der Waals surface area contributed by atoms with E-state index in [0.29, 0.717) is 22.9 Å². The first-order valence-electron chi connectivity index (χ1n) is 11.2. The fourth-order valence-corrected chi connectivity index (χ4v) is 4.39. The Morgan fingerprint density at radius 3 is 2.52 bits per heavy atom. The van der Waals surface area contributed by atoms with Crippen LogP contribution in [-0.4, -0.2) is 58.6 Å². The van der Waals surface area contributed by atoms with Gasteiger partial charge in [-0.3, -0.25) is 4.79 Å². The van der Waals surface area contributed by atoms with Gasteiger partial charge in [0.05, 0.1) is 22.3 Å². The molecule has 6 nitrogen and oxygen atoms in total. The summed E-state index contributed by atoms with van der Waals surface area (Å²) < 4.78 is 5.51. The number of benzene rings is 1. The van der Waals surface area contributed by atoms with Gasteiger partial charge in [-0.05, 0) is 58.8 Å². The van der Waals surface area contributed by atoms with Gasteiger partial charge in [0, 0.05) is 18.2 Å². The lowest BCUT2D eigenvalue weighted by Crippen LogP contribution is -2.48. The maximum atomic E-state index is 14.0. The van der Waals surface area contributed by atoms with E-state index in [1.807, 2.05) is 25.1 Å². The zero-order valence-electron chi connectivity index (χ0n) is 19.2. The molecule has 3 aromatic rings. The third-order valence-corrected chi connectivity index (χ3v) is 6.15. The quantitative estimate of drug-likeness (QED) is 0.599. The highest BCUT2D eigenvalue weighted by Gasteiger charge is 2.30. The van der Waals surface area contributed by atoms with Crippen LogP contribution in [0, 0.1) is 19.8 Å². The molecule has 0 atom stereocenters. The van der Waals surface area contributed by atoms with Crippen molar-refractivity contribution in [1.29, 1.82) is 0 Å². The molecule has 0 bridgehead atoms. The van der Waals surface area contributed by atoms with Crippen molar-refractivity contribution in [3.05, 3.63) is 47.2 Å². The van der Waals surface area contributed by atoms with Gasteiger partial charge in [-0.25, -0.2) is 4.98 Å². The van der Waals surface area contributed by atoms with E-state index < -0.39 is 0 Å². The van der Waals surface area contributed by atoms with Gasteiger partial charge >= 0.3 is 0 Å². The summed E-state index contributed by atoms with van der Waals surface area (Å²) in [6, 6.07) is 10.3. The molecule has 4 rings (SSSR count). The summed E-state index contributed by atoms with van der Waals surface area (Å²) in [7, 11) is 2.14. The zero-order valence-corrected chi connectivity index (χ0v) is 19.2. The molecular weight excluding hydrogens is 388 g/mol. The summed E-state index contributed by atoms with van der Waals surface area (Å²) in [5.41, 5.74) is 4.65. The topological polar surface area (TPSA) is 62.5 Å². The number of piperidine rings is 1. The van der Waals surface area contributed by atoms with Crippen molar-refractivity contribution in [3.63, 3.8) is 0 Å². The molecule has 1 amide bonds. The number of fused-ring (bicyclic) bond motifs is 1.